The molecule has 1 heterocycles. The van der Waals surface area contributed by atoms with Crippen LogP contribution in [0.15, 0.2) is 60.7 Å². The summed E-state index contributed by atoms with van der Waals surface area (Å²) in [6.45, 7) is 7.05. The number of nitrogens with zero attached hydrogens (tertiary/aromatic N) is 2. The third-order valence-electron chi connectivity index (χ3n) is 6.76. The van der Waals surface area contributed by atoms with E-state index < -0.39 is 6.04 Å². The van der Waals surface area contributed by atoms with Crippen LogP contribution in [0.2, 0.25) is 0 Å². The van der Waals surface area contributed by atoms with Gasteiger partial charge in [-0.25, -0.2) is 4.39 Å². The molecule has 6 nitrogen and oxygen atoms in total. The maximum Gasteiger partial charge on any atom is 0.258 e. The lowest BCUT2D eigenvalue weighted by molar-refractivity contribution is -0.141. The highest BCUT2D eigenvalue weighted by molar-refractivity contribution is 6.25. The number of halogens is 1. The van der Waals surface area contributed by atoms with Gasteiger partial charge in [0.2, 0.25) is 11.8 Å². The van der Waals surface area contributed by atoms with Gasteiger partial charge in [0.1, 0.15) is 11.9 Å². The van der Waals surface area contributed by atoms with E-state index in [9.17, 15) is 18.8 Å². The number of benzene rings is 3. The van der Waals surface area contributed by atoms with E-state index in [2.05, 4.69) is 5.32 Å². The summed E-state index contributed by atoms with van der Waals surface area (Å²) >= 11 is 0. The van der Waals surface area contributed by atoms with Crippen LogP contribution in [0.25, 0.3) is 10.8 Å². The molecule has 3 aromatic carbocycles. The molecule has 0 spiro atoms. The Morgan fingerprint density at radius 1 is 1.03 bits per heavy atom. The van der Waals surface area contributed by atoms with E-state index in [1.54, 1.807) is 21.9 Å². The van der Waals surface area contributed by atoms with Crippen LogP contribution in [0, 0.1) is 11.7 Å². The SMILES string of the molecule is CCC(C(=O)NCC(C)C)N(Cc1ccc(F)cc1)C(=O)CCCN1C(=O)c2cccc3cccc1c23. The molecule has 0 aliphatic carbocycles. The first-order valence-electron chi connectivity index (χ1n) is 12.9. The molecule has 3 amide bonds. The van der Waals surface area contributed by atoms with Crippen LogP contribution in [-0.4, -0.2) is 41.8 Å². The molecule has 194 valence electrons. The van der Waals surface area contributed by atoms with Gasteiger partial charge in [0.25, 0.3) is 5.91 Å². The monoisotopic (exact) mass is 503 g/mol. The third kappa shape index (κ3) is 5.82. The number of carbonyl (C=O) groups is 3. The largest absolute Gasteiger partial charge is 0.354 e. The number of hydrogen-bond acceptors (Lipinski definition) is 3. The van der Waals surface area contributed by atoms with Gasteiger partial charge in [-0.05, 0) is 54.0 Å². The first-order chi connectivity index (χ1) is 17.8. The van der Waals surface area contributed by atoms with E-state index in [4.69, 9.17) is 0 Å². The number of carbonyl (C=O) groups excluding carboxylic acids is 3. The molecular formula is C30H34FN3O3. The van der Waals surface area contributed by atoms with Gasteiger partial charge in [0.15, 0.2) is 0 Å². The van der Waals surface area contributed by atoms with Gasteiger partial charge in [-0.1, -0.05) is 57.2 Å². The van der Waals surface area contributed by atoms with E-state index in [-0.39, 0.29) is 42.4 Å². The highest BCUT2D eigenvalue weighted by Crippen LogP contribution is 2.37. The van der Waals surface area contributed by atoms with Crippen molar-refractivity contribution in [3.63, 3.8) is 0 Å². The topological polar surface area (TPSA) is 69.7 Å². The average molecular weight is 504 g/mol. The summed E-state index contributed by atoms with van der Waals surface area (Å²) in [5.74, 6) is -0.479. The van der Waals surface area contributed by atoms with E-state index in [0.717, 1.165) is 22.0 Å². The van der Waals surface area contributed by atoms with Crippen LogP contribution < -0.4 is 10.2 Å². The number of hydrogen-bond donors (Lipinski definition) is 1. The van der Waals surface area contributed by atoms with Gasteiger partial charge in [-0.2, -0.15) is 0 Å². The van der Waals surface area contributed by atoms with Crippen LogP contribution in [0.4, 0.5) is 10.1 Å². The van der Waals surface area contributed by atoms with E-state index >= 15 is 0 Å². The van der Waals surface area contributed by atoms with E-state index in [1.807, 2.05) is 57.2 Å². The number of anilines is 1. The molecule has 0 bridgehead atoms. The highest BCUT2D eigenvalue weighted by Gasteiger charge is 2.31. The highest BCUT2D eigenvalue weighted by atomic mass is 19.1. The lowest BCUT2D eigenvalue weighted by Crippen LogP contribution is -2.49. The van der Waals surface area contributed by atoms with Gasteiger partial charge >= 0.3 is 0 Å². The zero-order valence-electron chi connectivity index (χ0n) is 21.7. The average Bonchev–Trinajstić information content (AvgIpc) is 3.16. The zero-order chi connectivity index (χ0) is 26.5. The number of amides is 3. The minimum atomic E-state index is -0.636. The third-order valence-corrected chi connectivity index (χ3v) is 6.76. The lowest BCUT2D eigenvalue weighted by atomic mass is 10.1. The van der Waals surface area contributed by atoms with Crippen LogP contribution in [0.1, 0.15) is 56.0 Å². The molecule has 0 radical (unpaired) electrons. The number of nitrogens with one attached hydrogen (secondary N) is 1. The van der Waals surface area contributed by atoms with Gasteiger partial charge in [0, 0.05) is 37.0 Å². The smallest absolute Gasteiger partial charge is 0.258 e. The Kier molecular flexibility index (Phi) is 8.21. The molecule has 1 atom stereocenters. The second-order valence-electron chi connectivity index (χ2n) is 9.95. The predicted molar refractivity (Wildman–Crippen MR) is 144 cm³/mol. The molecular weight excluding hydrogens is 469 g/mol. The van der Waals surface area contributed by atoms with Gasteiger partial charge < -0.3 is 15.1 Å². The standard InChI is InChI=1S/C30H34FN3O3/c1-4-25(29(36)32-18-20(2)3)34(19-21-13-15-23(31)16-14-21)27(35)12-7-17-33-26-11-6-9-22-8-5-10-24(28(22)26)30(33)37/h5-6,8-11,13-16,20,25H,4,7,12,17-19H2,1-3H3,(H,32,36). The van der Waals surface area contributed by atoms with Gasteiger partial charge in [-0.3, -0.25) is 14.4 Å². The molecule has 4 rings (SSSR count). The summed E-state index contributed by atoms with van der Waals surface area (Å²) < 4.78 is 13.5. The second kappa shape index (κ2) is 11.5. The van der Waals surface area contributed by atoms with Crippen LogP contribution in [0.5, 0.6) is 0 Å². The molecule has 1 aliphatic rings. The van der Waals surface area contributed by atoms with E-state index in [1.165, 1.54) is 12.1 Å². The fourth-order valence-electron chi connectivity index (χ4n) is 4.86. The predicted octanol–water partition coefficient (Wildman–Crippen LogP) is 5.30. The first kappa shape index (κ1) is 26.3. The maximum atomic E-state index is 13.5. The molecule has 1 unspecified atom stereocenters. The minimum Gasteiger partial charge on any atom is -0.354 e. The first-order valence-corrected chi connectivity index (χ1v) is 12.9. The molecule has 37 heavy (non-hydrogen) atoms. The van der Waals surface area contributed by atoms with Crippen LogP contribution in [-0.2, 0) is 16.1 Å². The summed E-state index contributed by atoms with van der Waals surface area (Å²) in [4.78, 5) is 42.9. The Morgan fingerprint density at radius 2 is 1.73 bits per heavy atom. The molecule has 0 saturated carbocycles. The molecule has 1 N–H and O–H groups in total. The van der Waals surface area contributed by atoms with Crippen molar-refractivity contribution in [3.8, 4) is 0 Å². The van der Waals surface area contributed by atoms with Crippen molar-refractivity contribution in [2.24, 2.45) is 5.92 Å². The molecule has 0 fully saturated rings. The Hall–Kier alpha value is -3.74. The zero-order valence-corrected chi connectivity index (χ0v) is 21.7. The summed E-state index contributed by atoms with van der Waals surface area (Å²) in [6, 6.07) is 16.9. The van der Waals surface area contributed by atoms with E-state index in [0.29, 0.717) is 31.5 Å². The van der Waals surface area contributed by atoms with Gasteiger partial charge in [-0.15, -0.1) is 0 Å². The Balaban J connectivity index is 1.47. The van der Waals surface area contributed by atoms with Gasteiger partial charge in [0.05, 0.1) is 5.69 Å². The molecule has 7 heteroatoms. The Labute approximate surface area is 217 Å². The maximum absolute atomic E-state index is 13.5. The molecule has 3 aromatic rings. The van der Waals surface area contributed by atoms with Crippen molar-refractivity contribution in [2.75, 3.05) is 18.0 Å². The summed E-state index contributed by atoms with van der Waals surface area (Å²) in [7, 11) is 0. The van der Waals surface area contributed by atoms with Crippen LogP contribution >= 0.6 is 0 Å². The minimum absolute atomic E-state index is 0.0538. The fourth-order valence-corrected chi connectivity index (χ4v) is 4.86. The lowest BCUT2D eigenvalue weighted by Gasteiger charge is -2.31. The second-order valence-corrected chi connectivity index (χ2v) is 9.95. The summed E-state index contributed by atoms with van der Waals surface area (Å²) in [5.41, 5.74) is 2.31. The van der Waals surface area contributed by atoms with Crippen molar-refractivity contribution in [3.05, 3.63) is 77.6 Å². The van der Waals surface area contributed by atoms with Crippen molar-refractivity contribution < 1.29 is 18.8 Å². The normalized spacial score (nSPS) is 13.3. The van der Waals surface area contributed by atoms with Crippen LogP contribution in [0.3, 0.4) is 0 Å². The summed E-state index contributed by atoms with van der Waals surface area (Å²) in [5, 5.41) is 4.92. The van der Waals surface area contributed by atoms with Crippen molar-refractivity contribution in [1.29, 1.82) is 0 Å². The molecule has 0 aromatic heterocycles. The quantitative estimate of drug-likeness (QED) is 0.386. The fraction of sp³-hybridized carbons (Fsp3) is 0.367. The van der Waals surface area contributed by atoms with Crippen molar-refractivity contribution in [2.45, 2.75) is 52.6 Å². The summed E-state index contributed by atoms with van der Waals surface area (Å²) in [6.07, 6.45) is 1.10. The molecule has 0 saturated heterocycles. The Bertz CT molecular complexity index is 1280. The van der Waals surface area contributed by atoms with Crippen molar-refractivity contribution >= 4 is 34.2 Å². The van der Waals surface area contributed by atoms with Crippen molar-refractivity contribution in [1.82, 2.24) is 10.2 Å². The molecule has 1 aliphatic heterocycles. The Morgan fingerprint density at radius 3 is 2.41 bits per heavy atom. The number of rotatable bonds is 11.